The smallest absolute Gasteiger partial charge is 0.101 e. The first-order valence-electron chi connectivity index (χ1n) is 6.54. The maximum Gasteiger partial charge on any atom is 0.101 e. The van der Waals surface area contributed by atoms with Crippen molar-refractivity contribution in [3.05, 3.63) is 29.3 Å². The van der Waals surface area contributed by atoms with Crippen molar-refractivity contribution in [3.63, 3.8) is 0 Å². The number of nitriles is 1. The van der Waals surface area contributed by atoms with Gasteiger partial charge in [-0.1, -0.05) is 12.1 Å². The van der Waals surface area contributed by atoms with Crippen molar-refractivity contribution in [1.82, 2.24) is 4.90 Å². The van der Waals surface area contributed by atoms with Crippen molar-refractivity contribution < 1.29 is 0 Å². The van der Waals surface area contributed by atoms with Crippen LogP contribution in [0.3, 0.4) is 0 Å². The van der Waals surface area contributed by atoms with Gasteiger partial charge in [-0.05, 0) is 45.5 Å². The van der Waals surface area contributed by atoms with Crippen molar-refractivity contribution in [1.29, 1.82) is 5.26 Å². The Balaban J connectivity index is 2.18. The van der Waals surface area contributed by atoms with Gasteiger partial charge in [-0.3, -0.25) is 0 Å². The summed E-state index contributed by atoms with van der Waals surface area (Å²) in [4.78, 5) is 4.67. The molecule has 1 heterocycles. The van der Waals surface area contributed by atoms with E-state index in [2.05, 4.69) is 43.0 Å². The first-order chi connectivity index (χ1) is 8.63. The molecule has 1 aliphatic rings. The third-order valence-corrected chi connectivity index (χ3v) is 3.87. The van der Waals surface area contributed by atoms with Crippen LogP contribution in [-0.4, -0.2) is 38.1 Å². The van der Waals surface area contributed by atoms with Crippen LogP contribution in [0.5, 0.6) is 0 Å². The minimum Gasteiger partial charge on any atom is -0.370 e. The lowest BCUT2D eigenvalue weighted by Crippen LogP contribution is -2.42. The monoisotopic (exact) mass is 243 g/mol. The summed E-state index contributed by atoms with van der Waals surface area (Å²) < 4.78 is 0. The zero-order chi connectivity index (χ0) is 13.1. The lowest BCUT2D eigenvalue weighted by Gasteiger charge is -2.37. The lowest BCUT2D eigenvalue weighted by atomic mass is 10.0. The van der Waals surface area contributed by atoms with E-state index in [1.165, 1.54) is 18.4 Å². The zero-order valence-electron chi connectivity index (χ0n) is 11.5. The first-order valence-corrected chi connectivity index (χ1v) is 6.54. The number of para-hydroxylation sites is 1. The van der Waals surface area contributed by atoms with Crippen LogP contribution in [-0.2, 0) is 0 Å². The van der Waals surface area contributed by atoms with Crippen LogP contribution in [0, 0.1) is 18.3 Å². The van der Waals surface area contributed by atoms with Crippen LogP contribution < -0.4 is 4.90 Å². The summed E-state index contributed by atoms with van der Waals surface area (Å²) in [5.74, 6) is 0. The standard InChI is InChI=1S/C15H21N3/c1-12-5-4-6-13(11-16)15(12)18-9-7-14(8-10-18)17(2)3/h4-6,14H,7-10H2,1-3H3. The first kappa shape index (κ1) is 12.9. The molecule has 0 bridgehead atoms. The fraction of sp³-hybridized carbons (Fsp3) is 0.533. The Kier molecular flexibility index (Phi) is 3.88. The van der Waals surface area contributed by atoms with Gasteiger partial charge in [0.25, 0.3) is 0 Å². The van der Waals surface area contributed by atoms with Crippen molar-refractivity contribution >= 4 is 5.69 Å². The van der Waals surface area contributed by atoms with Crippen LogP contribution in [0.15, 0.2) is 18.2 Å². The Bertz CT molecular complexity index is 451. The molecule has 0 radical (unpaired) electrons. The Morgan fingerprint density at radius 3 is 2.50 bits per heavy atom. The number of rotatable bonds is 2. The van der Waals surface area contributed by atoms with Gasteiger partial charge in [-0.25, -0.2) is 0 Å². The number of benzene rings is 1. The second-order valence-corrected chi connectivity index (χ2v) is 5.26. The van der Waals surface area contributed by atoms with Gasteiger partial charge in [0.15, 0.2) is 0 Å². The summed E-state index contributed by atoms with van der Waals surface area (Å²) in [6.45, 7) is 4.18. The summed E-state index contributed by atoms with van der Waals surface area (Å²) in [6, 6.07) is 8.96. The third-order valence-electron chi connectivity index (χ3n) is 3.87. The molecule has 96 valence electrons. The van der Waals surface area contributed by atoms with Gasteiger partial charge >= 0.3 is 0 Å². The quantitative estimate of drug-likeness (QED) is 0.799. The average Bonchev–Trinajstić information content (AvgIpc) is 2.38. The van der Waals surface area contributed by atoms with E-state index < -0.39 is 0 Å². The average molecular weight is 243 g/mol. The maximum absolute atomic E-state index is 9.23. The molecular formula is C15H21N3. The predicted octanol–water partition coefficient (Wildman–Crippen LogP) is 2.40. The zero-order valence-corrected chi connectivity index (χ0v) is 11.5. The molecule has 0 spiro atoms. The number of hydrogen-bond donors (Lipinski definition) is 0. The number of hydrogen-bond acceptors (Lipinski definition) is 3. The molecule has 0 aliphatic carbocycles. The van der Waals surface area contributed by atoms with Gasteiger partial charge in [0, 0.05) is 19.1 Å². The van der Waals surface area contributed by atoms with Crippen molar-refractivity contribution in [2.24, 2.45) is 0 Å². The molecule has 1 aromatic rings. The Hall–Kier alpha value is -1.53. The van der Waals surface area contributed by atoms with E-state index in [0.29, 0.717) is 6.04 Å². The molecule has 0 aromatic heterocycles. The van der Waals surface area contributed by atoms with E-state index in [0.717, 1.165) is 24.3 Å². The van der Waals surface area contributed by atoms with Crippen LogP contribution in [0.4, 0.5) is 5.69 Å². The molecule has 3 heteroatoms. The van der Waals surface area contributed by atoms with E-state index in [4.69, 9.17) is 0 Å². The van der Waals surface area contributed by atoms with Gasteiger partial charge in [0.05, 0.1) is 11.3 Å². The molecule has 3 nitrogen and oxygen atoms in total. The van der Waals surface area contributed by atoms with E-state index >= 15 is 0 Å². The highest BCUT2D eigenvalue weighted by molar-refractivity contribution is 5.64. The molecule has 1 saturated heterocycles. The highest BCUT2D eigenvalue weighted by Crippen LogP contribution is 2.28. The molecule has 0 saturated carbocycles. The molecule has 0 amide bonds. The van der Waals surface area contributed by atoms with E-state index in [9.17, 15) is 5.26 Å². The maximum atomic E-state index is 9.23. The van der Waals surface area contributed by atoms with E-state index in [1.54, 1.807) is 0 Å². The SMILES string of the molecule is Cc1cccc(C#N)c1N1CCC(N(C)C)CC1. The second kappa shape index (κ2) is 5.41. The van der Waals surface area contributed by atoms with Crippen molar-refractivity contribution in [2.75, 3.05) is 32.1 Å². The number of nitrogens with zero attached hydrogens (tertiary/aromatic N) is 3. The summed E-state index contributed by atoms with van der Waals surface area (Å²) >= 11 is 0. The highest BCUT2D eigenvalue weighted by atomic mass is 15.2. The highest BCUT2D eigenvalue weighted by Gasteiger charge is 2.23. The number of aryl methyl sites for hydroxylation is 1. The third kappa shape index (κ3) is 2.49. The van der Waals surface area contributed by atoms with Crippen molar-refractivity contribution in [2.45, 2.75) is 25.8 Å². The Labute approximate surface area is 110 Å². The minimum atomic E-state index is 0.677. The summed E-state index contributed by atoms with van der Waals surface area (Å²) in [5, 5.41) is 9.23. The molecular weight excluding hydrogens is 222 g/mol. The van der Waals surface area contributed by atoms with E-state index in [-0.39, 0.29) is 0 Å². The lowest BCUT2D eigenvalue weighted by molar-refractivity contribution is 0.249. The molecule has 0 unspecified atom stereocenters. The number of anilines is 1. The molecule has 0 atom stereocenters. The summed E-state index contributed by atoms with van der Waals surface area (Å²) in [6.07, 6.45) is 2.35. The Morgan fingerprint density at radius 2 is 1.94 bits per heavy atom. The largest absolute Gasteiger partial charge is 0.370 e. The Morgan fingerprint density at radius 1 is 1.28 bits per heavy atom. The molecule has 0 N–H and O–H groups in total. The predicted molar refractivity (Wildman–Crippen MR) is 74.8 cm³/mol. The molecule has 1 aromatic carbocycles. The van der Waals surface area contributed by atoms with E-state index in [1.807, 2.05) is 12.1 Å². The van der Waals surface area contributed by atoms with Crippen LogP contribution in [0.25, 0.3) is 0 Å². The second-order valence-electron chi connectivity index (χ2n) is 5.26. The number of piperidine rings is 1. The van der Waals surface area contributed by atoms with Gasteiger partial charge in [-0.2, -0.15) is 5.26 Å². The van der Waals surface area contributed by atoms with Gasteiger partial charge in [0.2, 0.25) is 0 Å². The summed E-state index contributed by atoms with van der Waals surface area (Å²) in [5.41, 5.74) is 3.15. The van der Waals surface area contributed by atoms with Crippen LogP contribution >= 0.6 is 0 Å². The van der Waals surface area contributed by atoms with Crippen molar-refractivity contribution in [3.8, 4) is 6.07 Å². The molecule has 1 fully saturated rings. The van der Waals surface area contributed by atoms with Gasteiger partial charge in [0.1, 0.15) is 6.07 Å². The topological polar surface area (TPSA) is 30.3 Å². The fourth-order valence-electron chi connectivity index (χ4n) is 2.77. The summed E-state index contributed by atoms with van der Waals surface area (Å²) in [7, 11) is 4.30. The molecule has 18 heavy (non-hydrogen) atoms. The fourth-order valence-corrected chi connectivity index (χ4v) is 2.77. The van der Waals surface area contributed by atoms with Crippen LogP contribution in [0.1, 0.15) is 24.0 Å². The van der Waals surface area contributed by atoms with Crippen LogP contribution in [0.2, 0.25) is 0 Å². The minimum absolute atomic E-state index is 0.677. The molecule has 2 rings (SSSR count). The molecule has 1 aliphatic heterocycles. The van der Waals surface area contributed by atoms with Gasteiger partial charge < -0.3 is 9.80 Å². The van der Waals surface area contributed by atoms with Gasteiger partial charge in [-0.15, -0.1) is 0 Å². The normalized spacial score (nSPS) is 16.9.